The fourth-order valence-corrected chi connectivity index (χ4v) is 7.18. The lowest BCUT2D eigenvalue weighted by Crippen LogP contribution is -2.55. The van der Waals surface area contributed by atoms with Crippen LogP contribution in [0.4, 0.5) is 4.39 Å². The van der Waals surface area contributed by atoms with E-state index >= 15 is 0 Å². The average molecular weight is 425 g/mol. The van der Waals surface area contributed by atoms with E-state index in [1.165, 1.54) is 42.0 Å². The molecule has 3 aliphatic rings. The van der Waals surface area contributed by atoms with Gasteiger partial charge in [-0.25, -0.2) is 4.39 Å². The summed E-state index contributed by atoms with van der Waals surface area (Å²) in [7, 11) is 0. The van der Waals surface area contributed by atoms with Crippen LogP contribution in [0.3, 0.4) is 0 Å². The zero-order valence-electron chi connectivity index (χ0n) is 17.3. The second-order valence-electron chi connectivity index (χ2n) is 8.97. The normalized spacial score (nSPS) is 25.9. The molecule has 2 aromatic rings. The van der Waals surface area contributed by atoms with E-state index in [0.717, 1.165) is 31.5 Å². The van der Waals surface area contributed by atoms with Crippen molar-refractivity contribution in [2.24, 2.45) is 5.41 Å². The number of piperidine rings is 1. The summed E-state index contributed by atoms with van der Waals surface area (Å²) in [5.41, 5.74) is 2.23. The molecule has 0 aromatic heterocycles. The molecule has 3 aliphatic heterocycles. The van der Waals surface area contributed by atoms with Gasteiger partial charge in [0.1, 0.15) is 5.82 Å². The van der Waals surface area contributed by atoms with Gasteiger partial charge in [-0.2, -0.15) is 11.8 Å². The maximum atomic E-state index is 13.5. The standard InChI is InChI=1S/C25H29FN2OS/c26-21-8-6-19(7-9-21)22-18-27-23(29)24(22)10-14-28(15-11-24)25(12-16-30-17-13-25)20-4-2-1-3-5-20/h1-9,22H,10-18H2,(H,27,29). The Balaban J connectivity index is 1.41. The zero-order valence-corrected chi connectivity index (χ0v) is 18.1. The van der Waals surface area contributed by atoms with E-state index in [1.54, 1.807) is 0 Å². The van der Waals surface area contributed by atoms with E-state index in [1.807, 2.05) is 12.1 Å². The third-order valence-electron chi connectivity index (χ3n) is 7.75. The van der Waals surface area contributed by atoms with E-state index in [2.05, 4.69) is 52.3 Å². The van der Waals surface area contributed by atoms with Crippen LogP contribution in [0.2, 0.25) is 0 Å². The molecule has 0 bridgehead atoms. The molecule has 1 N–H and O–H groups in total. The zero-order chi connectivity index (χ0) is 20.6. The predicted octanol–water partition coefficient (Wildman–Crippen LogP) is 4.54. The fraction of sp³-hybridized carbons (Fsp3) is 0.480. The van der Waals surface area contributed by atoms with Crippen molar-refractivity contribution in [1.82, 2.24) is 10.2 Å². The third kappa shape index (κ3) is 3.27. The summed E-state index contributed by atoms with van der Waals surface area (Å²) in [5, 5.41) is 3.12. The number of hydrogen-bond acceptors (Lipinski definition) is 3. The van der Waals surface area contributed by atoms with Gasteiger partial charge < -0.3 is 5.32 Å². The lowest BCUT2D eigenvalue weighted by molar-refractivity contribution is -0.132. The lowest BCUT2D eigenvalue weighted by atomic mass is 9.67. The second kappa shape index (κ2) is 8.01. The molecule has 1 spiro atoms. The SMILES string of the molecule is O=C1NCC(c2ccc(F)cc2)C12CCN(C1(c3ccccc3)CCSCC1)CC2. The van der Waals surface area contributed by atoms with Gasteiger partial charge in [0.05, 0.1) is 5.41 Å². The maximum absolute atomic E-state index is 13.5. The van der Waals surface area contributed by atoms with Crippen LogP contribution in [0.25, 0.3) is 0 Å². The Hall–Kier alpha value is -1.85. The highest BCUT2D eigenvalue weighted by Gasteiger charge is 2.54. The van der Waals surface area contributed by atoms with Crippen LogP contribution in [0.5, 0.6) is 0 Å². The number of rotatable bonds is 3. The Morgan fingerprint density at radius 2 is 1.60 bits per heavy atom. The molecule has 3 nitrogen and oxygen atoms in total. The Morgan fingerprint density at radius 3 is 2.27 bits per heavy atom. The molecule has 1 amide bonds. The summed E-state index contributed by atoms with van der Waals surface area (Å²) in [4.78, 5) is 15.7. The number of nitrogens with one attached hydrogen (secondary N) is 1. The van der Waals surface area contributed by atoms with Crippen LogP contribution in [0.15, 0.2) is 54.6 Å². The molecule has 5 heteroatoms. The smallest absolute Gasteiger partial charge is 0.227 e. The molecule has 3 fully saturated rings. The quantitative estimate of drug-likeness (QED) is 0.785. The van der Waals surface area contributed by atoms with Crippen molar-refractivity contribution in [3.05, 3.63) is 71.5 Å². The second-order valence-corrected chi connectivity index (χ2v) is 10.2. The molecule has 3 saturated heterocycles. The first-order chi connectivity index (χ1) is 14.6. The number of likely N-dealkylation sites (tertiary alicyclic amines) is 1. The molecular formula is C25H29FN2OS. The predicted molar refractivity (Wildman–Crippen MR) is 120 cm³/mol. The van der Waals surface area contributed by atoms with Crippen LogP contribution < -0.4 is 5.32 Å². The highest BCUT2D eigenvalue weighted by Crippen LogP contribution is 2.51. The van der Waals surface area contributed by atoms with E-state index in [9.17, 15) is 9.18 Å². The van der Waals surface area contributed by atoms with Crippen molar-refractivity contribution in [2.45, 2.75) is 37.1 Å². The van der Waals surface area contributed by atoms with Gasteiger partial charge in [-0.05, 0) is 60.4 Å². The highest BCUT2D eigenvalue weighted by atomic mass is 32.2. The van der Waals surface area contributed by atoms with Crippen LogP contribution >= 0.6 is 11.8 Å². The largest absolute Gasteiger partial charge is 0.355 e. The Kier molecular flexibility index (Phi) is 5.36. The third-order valence-corrected chi connectivity index (χ3v) is 8.74. The summed E-state index contributed by atoms with van der Waals surface area (Å²) in [6, 6.07) is 17.7. The monoisotopic (exact) mass is 424 g/mol. The summed E-state index contributed by atoms with van der Waals surface area (Å²) in [6.07, 6.45) is 4.07. The van der Waals surface area contributed by atoms with Crippen molar-refractivity contribution in [3.63, 3.8) is 0 Å². The first kappa shape index (κ1) is 20.1. The molecule has 1 atom stereocenters. The Morgan fingerprint density at radius 1 is 0.933 bits per heavy atom. The number of carbonyl (C=O) groups is 1. The molecule has 0 saturated carbocycles. The van der Waals surface area contributed by atoms with Crippen LogP contribution in [-0.4, -0.2) is 41.9 Å². The van der Waals surface area contributed by atoms with Crippen LogP contribution in [0.1, 0.15) is 42.7 Å². The molecular weight excluding hydrogens is 395 g/mol. The van der Waals surface area contributed by atoms with Crippen LogP contribution in [-0.2, 0) is 10.3 Å². The van der Waals surface area contributed by atoms with Crippen molar-refractivity contribution >= 4 is 17.7 Å². The molecule has 30 heavy (non-hydrogen) atoms. The van der Waals surface area contributed by atoms with E-state index in [0.29, 0.717) is 6.54 Å². The molecule has 0 aliphatic carbocycles. The summed E-state index contributed by atoms with van der Waals surface area (Å²) >= 11 is 2.05. The number of halogens is 1. The van der Waals surface area contributed by atoms with Gasteiger partial charge in [0.2, 0.25) is 5.91 Å². The minimum Gasteiger partial charge on any atom is -0.355 e. The van der Waals surface area contributed by atoms with Gasteiger partial charge >= 0.3 is 0 Å². The lowest BCUT2D eigenvalue weighted by Gasteiger charge is -2.52. The number of carbonyl (C=O) groups excluding carboxylic acids is 1. The fourth-order valence-electron chi connectivity index (χ4n) is 6.01. The van der Waals surface area contributed by atoms with Gasteiger partial charge in [-0.15, -0.1) is 0 Å². The van der Waals surface area contributed by atoms with E-state index < -0.39 is 0 Å². The van der Waals surface area contributed by atoms with Gasteiger partial charge in [0.15, 0.2) is 0 Å². The van der Waals surface area contributed by atoms with Crippen molar-refractivity contribution in [1.29, 1.82) is 0 Å². The number of thioether (sulfide) groups is 1. The van der Waals surface area contributed by atoms with Gasteiger partial charge in [-0.1, -0.05) is 42.5 Å². The molecule has 3 heterocycles. The summed E-state index contributed by atoms with van der Waals surface area (Å²) in [6.45, 7) is 2.53. The molecule has 158 valence electrons. The van der Waals surface area contributed by atoms with Crippen molar-refractivity contribution in [2.75, 3.05) is 31.1 Å². The Labute approximate surface area is 182 Å². The average Bonchev–Trinajstić information content (AvgIpc) is 3.11. The molecule has 5 rings (SSSR count). The number of nitrogens with zero attached hydrogens (tertiary/aromatic N) is 1. The number of amides is 1. The van der Waals surface area contributed by atoms with Crippen LogP contribution in [0, 0.1) is 11.2 Å². The van der Waals surface area contributed by atoms with Crippen molar-refractivity contribution < 1.29 is 9.18 Å². The molecule has 0 radical (unpaired) electrons. The van der Waals surface area contributed by atoms with Gasteiger partial charge in [0, 0.05) is 31.1 Å². The first-order valence-corrected chi connectivity index (χ1v) is 12.2. The number of hydrogen-bond donors (Lipinski definition) is 1. The minimum atomic E-state index is -0.365. The highest BCUT2D eigenvalue weighted by molar-refractivity contribution is 7.99. The Bertz CT molecular complexity index is 887. The molecule has 1 unspecified atom stereocenters. The molecule has 2 aromatic carbocycles. The summed E-state index contributed by atoms with van der Waals surface area (Å²) < 4.78 is 13.5. The summed E-state index contributed by atoms with van der Waals surface area (Å²) in [5.74, 6) is 2.47. The van der Waals surface area contributed by atoms with E-state index in [4.69, 9.17) is 0 Å². The van der Waals surface area contributed by atoms with Crippen molar-refractivity contribution in [3.8, 4) is 0 Å². The van der Waals surface area contributed by atoms with Gasteiger partial charge in [0.25, 0.3) is 0 Å². The topological polar surface area (TPSA) is 32.3 Å². The number of benzene rings is 2. The maximum Gasteiger partial charge on any atom is 0.227 e. The van der Waals surface area contributed by atoms with E-state index in [-0.39, 0.29) is 28.6 Å². The first-order valence-electron chi connectivity index (χ1n) is 11.1. The van der Waals surface area contributed by atoms with Gasteiger partial charge in [-0.3, -0.25) is 9.69 Å². The minimum absolute atomic E-state index is 0.0918.